The summed E-state index contributed by atoms with van der Waals surface area (Å²) < 4.78 is 40.3. The van der Waals surface area contributed by atoms with E-state index in [0.29, 0.717) is 12.6 Å². The van der Waals surface area contributed by atoms with Gasteiger partial charge in [-0.1, -0.05) is 6.92 Å². The minimum Gasteiger partial charge on any atom is -0.330 e. The normalized spacial score (nSPS) is 24.1. The van der Waals surface area contributed by atoms with Crippen LogP contribution in [0.15, 0.2) is 12.1 Å². The van der Waals surface area contributed by atoms with Gasteiger partial charge in [-0.2, -0.15) is 0 Å². The van der Waals surface area contributed by atoms with Crippen LogP contribution in [0.4, 0.5) is 13.2 Å². The van der Waals surface area contributed by atoms with Crippen molar-refractivity contribution in [2.75, 3.05) is 19.6 Å². The first-order valence-electron chi connectivity index (χ1n) is 6.67. The fourth-order valence-electron chi connectivity index (χ4n) is 2.93. The molecule has 1 aliphatic rings. The van der Waals surface area contributed by atoms with E-state index in [1.54, 1.807) is 0 Å². The number of rotatable bonds is 4. The van der Waals surface area contributed by atoms with E-state index in [2.05, 4.69) is 4.90 Å². The lowest BCUT2D eigenvalue weighted by Gasteiger charge is -2.28. The second-order valence-electron chi connectivity index (χ2n) is 5.05. The molecule has 2 N–H and O–H groups in total. The summed E-state index contributed by atoms with van der Waals surface area (Å²) in [7, 11) is 0. The Balaban J connectivity index is 2.38. The Bertz CT molecular complexity index is 451. The lowest BCUT2D eigenvalue weighted by molar-refractivity contribution is 0.224. The monoisotopic (exact) mass is 272 g/mol. The molecule has 106 valence electrons. The minimum atomic E-state index is -1.15. The number of nitrogens with zero attached hydrogens (tertiary/aromatic N) is 1. The number of halogens is 3. The van der Waals surface area contributed by atoms with Gasteiger partial charge < -0.3 is 5.73 Å². The van der Waals surface area contributed by atoms with Gasteiger partial charge >= 0.3 is 0 Å². The molecule has 1 fully saturated rings. The Morgan fingerprint density at radius 2 is 1.89 bits per heavy atom. The van der Waals surface area contributed by atoms with Gasteiger partial charge in [-0.25, -0.2) is 13.2 Å². The van der Waals surface area contributed by atoms with Crippen molar-refractivity contribution >= 4 is 0 Å². The van der Waals surface area contributed by atoms with Crippen LogP contribution in [0.2, 0.25) is 0 Å². The topological polar surface area (TPSA) is 29.3 Å². The summed E-state index contributed by atoms with van der Waals surface area (Å²) in [4.78, 5) is 2.10. The van der Waals surface area contributed by atoms with E-state index < -0.39 is 17.5 Å². The molecule has 0 saturated carbocycles. The van der Waals surface area contributed by atoms with E-state index in [0.717, 1.165) is 32.0 Å². The molecule has 0 spiro atoms. The predicted molar refractivity (Wildman–Crippen MR) is 68.1 cm³/mol. The third kappa shape index (κ3) is 2.77. The maximum absolute atomic E-state index is 13.9. The Morgan fingerprint density at radius 3 is 2.53 bits per heavy atom. The fourth-order valence-corrected chi connectivity index (χ4v) is 2.93. The number of likely N-dealkylation sites (tertiary alicyclic amines) is 1. The van der Waals surface area contributed by atoms with E-state index in [9.17, 15) is 13.2 Å². The van der Waals surface area contributed by atoms with Crippen molar-refractivity contribution in [1.82, 2.24) is 4.90 Å². The summed E-state index contributed by atoms with van der Waals surface area (Å²) in [6.45, 7) is 4.08. The summed E-state index contributed by atoms with van der Waals surface area (Å²) in [5, 5.41) is 0. The molecule has 1 saturated heterocycles. The molecular formula is C14H19F3N2. The molecule has 0 aromatic heterocycles. The highest BCUT2D eigenvalue weighted by Crippen LogP contribution is 2.38. The maximum Gasteiger partial charge on any atom is 0.161 e. The molecule has 0 amide bonds. The lowest BCUT2D eigenvalue weighted by Crippen LogP contribution is -2.29. The Kier molecular flexibility index (Phi) is 4.47. The van der Waals surface area contributed by atoms with Crippen LogP contribution in [0.3, 0.4) is 0 Å². The molecule has 19 heavy (non-hydrogen) atoms. The van der Waals surface area contributed by atoms with Crippen molar-refractivity contribution in [2.45, 2.75) is 25.8 Å². The van der Waals surface area contributed by atoms with Gasteiger partial charge in [0.1, 0.15) is 5.82 Å². The molecule has 1 aliphatic heterocycles. The zero-order valence-electron chi connectivity index (χ0n) is 11.0. The Hall–Kier alpha value is -1.07. The highest BCUT2D eigenvalue weighted by molar-refractivity contribution is 5.25. The largest absolute Gasteiger partial charge is 0.330 e. The smallest absolute Gasteiger partial charge is 0.161 e. The molecule has 1 heterocycles. The number of benzene rings is 1. The first-order valence-corrected chi connectivity index (χ1v) is 6.67. The van der Waals surface area contributed by atoms with Crippen LogP contribution >= 0.6 is 0 Å². The van der Waals surface area contributed by atoms with Crippen LogP contribution < -0.4 is 5.73 Å². The molecule has 0 bridgehead atoms. The summed E-state index contributed by atoms with van der Waals surface area (Å²) >= 11 is 0. The van der Waals surface area contributed by atoms with E-state index in [4.69, 9.17) is 5.73 Å². The van der Waals surface area contributed by atoms with Crippen LogP contribution in [0.25, 0.3) is 0 Å². The standard InChI is InChI=1S/C14H19F3N2/c1-2-4-19-5-3-9(8-18)14(19)10-6-12(16)13(17)7-11(10)15/h6-7,9,14H,2-5,8,18H2,1H3. The van der Waals surface area contributed by atoms with Crippen LogP contribution in [0.1, 0.15) is 31.4 Å². The number of hydrogen-bond acceptors (Lipinski definition) is 2. The first kappa shape index (κ1) is 14.3. The van der Waals surface area contributed by atoms with Gasteiger partial charge in [0.15, 0.2) is 11.6 Å². The average molecular weight is 272 g/mol. The quantitative estimate of drug-likeness (QED) is 0.854. The summed E-state index contributed by atoms with van der Waals surface area (Å²) in [5.41, 5.74) is 5.94. The Labute approximate surface area is 111 Å². The van der Waals surface area contributed by atoms with Gasteiger partial charge in [-0.05, 0) is 44.5 Å². The minimum absolute atomic E-state index is 0.0888. The molecule has 2 rings (SSSR count). The molecule has 0 radical (unpaired) electrons. The maximum atomic E-state index is 13.9. The van der Waals surface area contributed by atoms with Gasteiger partial charge in [-0.3, -0.25) is 4.90 Å². The van der Waals surface area contributed by atoms with E-state index in [1.807, 2.05) is 6.92 Å². The van der Waals surface area contributed by atoms with Crippen molar-refractivity contribution in [3.8, 4) is 0 Å². The van der Waals surface area contributed by atoms with Gasteiger partial charge in [0.25, 0.3) is 0 Å². The van der Waals surface area contributed by atoms with Gasteiger partial charge in [-0.15, -0.1) is 0 Å². The van der Waals surface area contributed by atoms with Crippen molar-refractivity contribution < 1.29 is 13.2 Å². The zero-order chi connectivity index (χ0) is 14.0. The highest BCUT2D eigenvalue weighted by atomic mass is 19.2. The zero-order valence-corrected chi connectivity index (χ0v) is 11.0. The Morgan fingerprint density at radius 1 is 1.21 bits per heavy atom. The molecule has 2 nitrogen and oxygen atoms in total. The summed E-state index contributed by atoms with van der Waals surface area (Å²) in [6, 6.07) is 1.35. The molecule has 2 atom stereocenters. The van der Waals surface area contributed by atoms with Gasteiger partial charge in [0, 0.05) is 17.7 Å². The molecule has 5 heteroatoms. The molecule has 1 aromatic rings. The molecule has 2 unspecified atom stereocenters. The van der Waals surface area contributed by atoms with Gasteiger partial charge in [0.2, 0.25) is 0 Å². The van der Waals surface area contributed by atoms with Crippen molar-refractivity contribution in [2.24, 2.45) is 11.7 Å². The highest BCUT2D eigenvalue weighted by Gasteiger charge is 2.35. The third-order valence-corrected chi connectivity index (χ3v) is 3.80. The fraction of sp³-hybridized carbons (Fsp3) is 0.571. The second kappa shape index (κ2) is 5.92. The van der Waals surface area contributed by atoms with Crippen molar-refractivity contribution in [3.05, 3.63) is 35.1 Å². The van der Waals surface area contributed by atoms with Crippen LogP contribution in [0, 0.1) is 23.4 Å². The number of nitrogens with two attached hydrogens (primary N) is 1. The van der Waals surface area contributed by atoms with E-state index in [1.165, 1.54) is 0 Å². The number of hydrogen-bond donors (Lipinski definition) is 1. The van der Waals surface area contributed by atoms with Crippen LogP contribution in [-0.2, 0) is 0 Å². The van der Waals surface area contributed by atoms with Crippen molar-refractivity contribution in [1.29, 1.82) is 0 Å². The van der Waals surface area contributed by atoms with Crippen LogP contribution in [-0.4, -0.2) is 24.5 Å². The van der Waals surface area contributed by atoms with Crippen molar-refractivity contribution in [3.63, 3.8) is 0 Å². The second-order valence-corrected chi connectivity index (χ2v) is 5.05. The molecular weight excluding hydrogens is 253 g/mol. The van der Waals surface area contributed by atoms with E-state index >= 15 is 0 Å². The van der Waals surface area contributed by atoms with Gasteiger partial charge in [0.05, 0.1) is 0 Å². The summed E-state index contributed by atoms with van der Waals surface area (Å²) in [5.74, 6) is -2.75. The summed E-state index contributed by atoms with van der Waals surface area (Å²) in [6.07, 6.45) is 1.79. The molecule has 1 aromatic carbocycles. The third-order valence-electron chi connectivity index (χ3n) is 3.80. The SMILES string of the molecule is CCCN1CCC(CN)C1c1cc(F)c(F)cc1F. The molecule has 0 aliphatic carbocycles. The predicted octanol–water partition coefficient (Wildman–Crippen LogP) is 2.84. The van der Waals surface area contributed by atoms with E-state index in [-0.39, 0.29) is 17.5 Å². The first-order chi connectivity index (χ1) is 9.08. The average Bonchev–Trinajstić information content (AvgIpc) is 2.77. The van der Waals surface area contributed by atoms with Crippen LogP contribution in [0.5, 0.6) is 0 Å². The lowest BCUT2D eigenvalue weighted by atomic mass is 9.93.